The Morgan fingerprint density at radius 1 is 0.872 bits per heavy atom. The Morgan fingerprint density at radius 3 is 2.10 bits per heavy atom. The van der Waals surface area contributed by atoms with Crippen LogP contribution in [-0.4, -0.2) is 17.7 Å². The van der Waals surface area contributed by atoms with E-state index in [0.717, 1.165) is 40.9 Å². The van der Waals surface area contributed by atoms with E-state index in [-0.39, 0.29) is 5.91 Å². The number of carbonyl (C=O) groups is 1. The first-order valence-electron chi connectivity index (χ1n) is 13.4. The number of hydrogen-bond donors (Lipinski definition) is 0. The molecule has 1 amide bonds. The molecule has 1 saturated heterocycles. The van der Waals surface area contributed by atoms with Crippen molar-refractivity contribution < 1.29 is 9.53 Å². The minimum atomic E-state index is -0.148. The SMILES string of the molecule is CCCCCCCCOc1c(Cl)cc(/C=C2/SC(=Nc3ccc(C)cc3)N(c3ccc(C)cc3)C2=O)cc1Cl. The molecule has 4 nitrogen and oxygen atoms in total. The van der Waals surface area contributed by atoms with E-state index >= 15 is 0 Å². The molecule has 1 aliphatic rings. The van der Waals surface area contributed by atoms with Crippen molar-refractivity contribution >= 4 is 63.5 Å². The largest absolute Gasteiger partial charge is 0.490 e. The molecule has 0 N–H and O–H groups in total. The molecule has 0 aromatic heterocycles. The zero-order valence-corrected chi connectivity index (χ0v) is 25.0. The molecule has 0 aliphatic carbocycles. The summed E-state index contributed by atoms with van der Waals surface area (Å²) < 4.78 is 5.91. The van der Waals surface area contributed by atoms with E-state index in [1.54, 1.807) is 23.1 Å². The Kier molecular flexibility index (Phi) is 10.6. The molecule has 3 aromatic carbocycles. The molecule has 3 aromatic rings. The first-order valence-corrected chi connectivity index (χ1v) is 15.0. The van der Waals surface area contributed by atoms with Crippen LogP contribution >= 0.6 is 35.0 Å². The highest BCUT2D eigenvalue weighted by Gasteiger charge is 2.34. The molecular weight excluding hydrogens is 547 g/mol. The molecule has 0 saturated carbocycles. The van der Waals surface area contributed by atoms with E-state index in [2.05, 4.69) is 6.92 Å². The van der Waals surface area contributed by atoms with Crippen molar-refractivity contribution in [1.82, 2.24) is 0 Å². The van der Waals surface area contributed by atoms with Crippen molar-refractivity contribution in [3.63, 3.8) is 0 Å². The van der Waals surface area contributed by atoms with Gasteiger partial charge in [-0.05, 0) is 80.1 Å². The molecule has 1 aliphatic heterocycles. The number of amides is 1. The second-order valence-corrected chi connectivity index (χ2v) is 11.6. The van der Waals surface area contributed by atoms with Crippen molar-refractivity contribution in [2.75, 3.05) is 11.5 Å². The van der Waals surface area contributed by atoms with Crippen LogP contribution in [0.15, 0.2) is 70.6 Å². The summed E-state index contributed by atoms with van der Waals surface area (Å²) in [5.74, 6) is 0.340. The van der Waals surface area contributed by atoms with Gasteiger partial charge >= 0.3 is 0 Å². The van der Waals surface area contributed by atoms with Gasteiger partial charge in [-0.1, -0.05) is 97.6 Å². The number of hydrogen-bond acceptors (Lipinski definition) is 4. The zero-order valence-electron chi connectivity index (χ0n) is 22.7. The van der Waals surface area contributed by atoms with Crippen molar-refractivity contribution in [3.8, 4) is 5.75 Å². The summed E-state index contributed by atoms with van der Waals surface area (Å²) in [5.41, 5.74) is 4.55. The van der Waals surface area contributed by atoms with Gasteiger partial charge in [0.15, 0.2) is 10.9 Å². The van der Waals surface area contributed by atoms with Crippen LogP contribution in [0, 0.1) is 13.8 Å². The molecule has 1 heterocycles. The summed E-state index contributed by atoms with van der Waals surface area (Å²) in [7, 11) is 0. The summed E-state index contributed by atoms with van der Waals surface area (Å²) in [4.78, 5) is 20.6. The maximum absolute atomic E-state index is 13.6. The number of thioether (sulfide) groups is 1. The maximum Gasteiger partial charge on any atom is 0.271 e. The minimum Gasteiger partial charge on any atom is -0.490 e. The third-order valence-corrected chi connectivity index (χ3v) is 7.95. The molecule has 1 fully saturated rings. The van der Waals surface area contributed by atoms with E-state index in [0.29, 0.717) is 32.5 Å². The second kappa shape index (κ2) is 14.1. The third-order valence-electron chi connectivity index (χ3n) is 6.42. The minimum absolute atomic E-state index is 0.148. The summed E-state index contributed by atoms with van der Waals surface area (Å²) in [6, 6.07) is 19.3. The van der Waals surface area contributed by atoms with Gasteiger partial charge in [-0.15, -0.1) is 0 Å². The van der Waals surface area contributed by atoms with E-state index in [4.69, 9.17) is 32.9 Å². The van der Waals surface area contributed by atoms with E-state index in [9.17, 15) is 4.79 Å². The Labute approximate surface area is 246 Å². The fourth-order valence-corrected chi connectivity index (χ4v) is 5.82. The molecule has 0 unspecified atom stereocenters. The Bertz CT molecular complexity index is 1330. The predicted octanol–water partition coefficient (Wildman–Crippen LogP) is 10.2. The highest BCUT2D eigenvalue weighted by atomic mass is 35.5. The monoisotopic (exact) mass is 580 g/mol. The fraction of sp³-hybridized carbons (Fsp3) is 0.312. The van der Waals surface area contributed by atoms with Crippen molar-refractivity contribution in [2.45, 2.75) is 59.3 Å². The number of aryl methyl sites for hydroxylation is 2. The summed E-state index contributed by atoms with van der Waals surface area (Å²) in [6.45, 7) is 6.84. The van der Waals surface area contributed by atoms with Gasteiger partial charge in [0.2, 0.25) is 0 Å². The topological polar surface area (TPSA) is 41.9 Å². The molecule has 0 bridgehead atoms. The van der Waals surface area contributed by atoms with Crippen LogP contribution in [0.2, 0.25) is 10.0 Å². The van der Waals surface area contributed by atoms with Crippen molar-refractivity contribution in [1.29, 1.82) is 0 Å². The molecule has 39 heavy (non-hydrogen) atoms. The Balaban J connectivity index is 1.55. The summed E-state index contributed by atoms with van der Waals surface area (Å²) >= 11 is 14.5. The van der Waals surface area contributed by atoms with Gasteiger partial charge in [-0.25, -0.2) is 4.99 Å². The van der Waals surface area contributed by atoms with Gasteiger partial charge in [0.1, 0.15) is 0 Å². The summed E-state index contributed by atoms with van der Waals surface area (Å²) in [6.07, 6.45) is 8.88. The van der Waals surface area contributed by atoms with Crippen LogP contribution in [0.3, 0.4) is 0 Å². The number of amidine groups is 1. The van der Waals surface area contributed by atoms with Gasteiger partial charge in [0, 0.05) is 0 Å². The van der Waals surface area contributed by atoms with Crippen molar-refractivity contribution in [2.24, 2.45) is 4.99 Å². The van der Waals surface area contributed by atoms with Crippen LogP contribution in [0.1, 0.15) is 62.1 Å². The van der Waals surface area contributed by atoms with Crippen LogP contribution in [0.25, 0.3) is 6.08 Å². The van der Waals surface area contributed by atoms with Crippen molar-refractivity contribution in [3.05, 3.63) is 92.3 Å². The number of halogens is 2. The molecule has 7 heteroatoms. The Morgan fingerprint density at radius 2 is 1.46 bits per heavy atom. The van der Waals surface area contributed by atoms with Crippen LogP contribution in [0.5, 0.6) is 5.75 Å². The molecular formula is C32H34Cl2N2O2S. The number of carbonyl (C=O) groups excluding carboxylic acids is 1. The van der Waals surface area contributed by atoms with Gasteiger partial charge in [0.05, 0.1) is 32.9 Å². The standard InChI is InChI=1S/C32H34Cl2N2O2S/c1-4-5-6-7-8-9-18-38-30-27(33)19-24(20-28(30)34)21-29-31(37)36(26-16-12-23(3)13-17-26)32(39-29)35-25-14-10-22(2)11-15-25/h10-17,19-21H,4-9,18H2,1-3H3/b29-21+,35-32?. The van der Waals surface area contributed by atoms with E-state index in [1.165, 1.54) is 37.4 Å². The number of nitrogens with zero attached hydrogens (tertiary/aromatic N) is 2. The lowest BCUT2D eigenvalue weighted by Crippen LogP contribution is -2.28. The quantitative estimate of drug-likeness (QED) is 0.167. The highest BCUT2D eigenvalue weighted by molar-refractivity contribution is 8.19. The lowest BCUT2D eigenvalue weighted by molar-refractivity contribution is -0.113. The lowest BCUT2D eigenvalue weighted by atomic mass is 10.1. The number of ether oxygens (including phenoxy) is 1. The average Bonchev–Trinajstić information content (AvgIpc) is 3.20. The average molecular weight is 582 g/mol. The smallest absolute Gasteiger partial charge is 0.271 e. The lowest BCUT2D eigenvalue weighted by Gasteiger charge is -2.16. The normalized spacial score (nSPS) is 15.5. The maximum atomic E-state index is 13.6. The van der Waals surface area contributed by atoms with Crippen LogP contribution in [-0.2, 0) is 4.79 Å². The number of benzene rings is 3. The van der Waals surface area contributed by atoms with Crippen LogP contribution < -0.4 is 9.64 Å². The molecule has 0 atom stereocenters. The second-order valence-electron chi connectivity index (χ2n) is 9.75. The van der Waals surface area contributed by atoms with E-state index < -0.39 is 0 Å². The number of unbranched alkanes of at least 4 members (excludes halogenated alkanes) is 5. The molecule has 0 radical (unpaired) electrons. The zero-order chi connectivity index (χ0) is 27.8. The first kappa shape index (κ1) is 29.3. The molecule has 204 valence electrons. The van der Waals surface area contributed by atoms with Gasteiger partial charge < -0.3 is 4.74 Å². The Hall–Kier alpha value is -2.73. The number of rotatable bonds is 11. The summed E-state index contributed by atoms with van der Waals surface area (Å²) in [5, 5.41) is 1.45. The molecule has 0 spiro atoms. The molecule has 4 rings (SSSR count). The predicted molar refractivity (Wildman–Crippen MR) is 168 cm³/mol. The van der Waals surface area contributed by atoms with Gasteiger partial charge in [-0.2, -0.15) is 0 Å². The third kappa shape index (κ3) is 7.91. The number of anilines is 1. The van der Waals surface area contributed by atoms with Gasteiger partial charge in [-0.3, -0.25) is 9.69 Å². The van der Waals surface area contributed by atoms with Crippen LogP contribution in [0.4, 0.5) is 11.4 Å². The fourth-order valence-electron chi connectivity index (χ4n) is 4.21. The first-order chi connectivity index (χ1) is 18.9. The van der Waals surface area contributed by atoms with E-state index in [1.807, 2.05) is 62.4 Å². The van der Waals surface area contributed by atoms with Gasteiger partial charge in [0.25, 0.3) is 5.91 Å². The number of aliphatic imine (C=N–C) groups is 1. The highest BCUT2D eigenvalue weighted by Crippen LogP contribution is 2.40.